The average molecular weight is 316 g/mol. The second-order valence-corrected chi connectivity index (χ2v) is 5.71. The number of hydrogen-bond acceptors (Lipinski definition) is 4. The minimum Gasteiger partial charge on any atom is -0.391 e. The standard InChI is InChI=1S/C17H21FN4O/c1-3-17(4-2,10-19)15(23)14(16-20-11-21-22-16)9-12-5-7-13(18)8-6-12/h5-8,11,14-15,23H,3-4,9H2,1-2H3,(H,20,21,22). The van der Waals surface area contributed by atoms with Gasteiger partial charge in [0.1, 0.15) is 12.1 Å². The Bertz CT molecular complexity index is 644. The fourth-order valence-corrected chi connectivity index (χ4v) is 2.89. The first-order chi connectivity index (χ1) is 11.1. The summed E-state index contributed by atoms with van der Waals surface area (Å²) in [5.74, 6) is -0.285. The van der Waals surface area contributed by atoms with Crippen LogP contribution in [0.1, 0.15) is 44.0 Å². The van der Waals surface area contributed by atoms with Gasteiger partial charge in [0.05, 0.1) is 23.5 Å². The molecule has 1 aromatic carbocycles. The molecule has 122 valence electrons. The summed E-state index contributed by atoms with van der Waals surface area (Å²) in [5, 5.41) is 27.2. The van der Waals surface area contributed by atoms with Crippen LogP contribution in [-0.4, -0.2) is 26.4 Å². The molecule has 0 spiro atoms. The molecule has 0 aliphatic carbocycles. The summed E-state index contributed by atoms with van der Waals surface area (Å²) in [6, 6.07) is 8.39. The van der Waals surface area contributed by atoms with Gasteiger partial charge in [0.25, 0.3) is 0 Å². The van der Waals surface area contributed by atoms with E-state index >= 15 is 0 Å². The lowest BCUT2D eigenvalue weighted by atomic mass is 9.72. The van der Waals surface area contributed by atoms with Crippen molar-refractivity contribution < 1.29 is 9.50 Å². The van der Waals surface area contributed by atoms with E-state index in [0.29, 0.717) is 25.1 Å². The highest BCUT2D eigenvalue weighted by atomic mass is 19.1. The monoisotopic (exact) mass is 316 g/mol. The van der Waals surface area contributed by atoms with E-state index in [4.69, 9.17) is 0 Å². The van der Waals surface area contributed by atoms with Crippen molar-refractivity contribution in [2.24, 2.45) is 5.41 Å². The SMILES string of the molecule is CCC(C#N)(CC)C(O)C(Cc1ccc(F)cc1)c1nc[nH]n1. The quantitative estimate of drug-likeness (QED) is 0.822. The van der Waals surface area contributed by atoms with Crippen molar-refractivity contribution in [3.63, 3.8) is 0 Å². The molecule has 1 heterocycles. The fourth-order valence-electron chi connectivity index (χ4n) is 2.89. The number of aromatic nitrogens is 3. The number of halogens is 1. The number of nitrogens with zero attached hydrogens (tertiary/aromatic N) is 3. The van der Waals surface area contributed by atoms with Crippen LogP contribution in [0.25, 0.3) is 0 Å². The molecule has 2 unspecified atom stereocenters. The summed E-state index contributed by atoms with van der Waals surface area (Å²) < 4.78 is 13.1. The summed E-state index contributed by atoms with van der Waals surface area (Å²) in [7, 11) is 0. The van der Waals surface area contributed by atoms with Gasteiger partial charge in [-0.05, 0) is 37.0 Å². The largest absolute Gasteiger partial charge is 0.391 e. The van der Waals surface area contributed by atoms with Crippen LogP contribution in [0.2, 0.25) is 0 Å². The van der Waals surface area contributed by atoms with Gasteiger partial charge >= 0.3 is 0 Å². The minimum atomic E-state index is -0.914. The number of benzene rings is 1. The van der Waals surface area contributed by atoms with Crippen molar-refractivity contribution in [3.8, 4) is 6.07 Å². The lowest BCUT2D eigenvalue weighted by Crippen LogP contribution is -2.39. The first-order valence-corrected chi connectivity index (χ1v) is 7.75. The molecule has 0 bridgehead atoms. The second kappa shape index (κ2) is 7.34. The maximum Gasteiger partial charge on any atom is 0.156 e. The zero-order chi connectivity index (χ0) is 16.9. The van der Waals surface area contributed by atoms with E-state index in [2.05, 4.69) is 21.3 Å². The normalized spacial score (nSPS) is 14.2. The lowest BCUT2D eigenvalue weighted by Gasteiger charge is -2.34. The van der Waals surface area contributed by atoms with Crippen molar-refractivity contribution in [1.29, 1.82) is 5.26 Å². The van der Waals surface area contributed by atoms with Gasteiger partial charge in [-0.15, -0.1) is 0 Å². The second-order valence-electron chi connectivity index (χ2n) is 5.71. The van der Waals surface area contributed by atoms with Crippen LogP contribution in [0.3, 0.4) is 0 Å². The highest BCUT2D eigenvalue weighted by molar-refractivity contribution is 5.21. The molecular formula is C17H21FN4O. The molecule has 6 heteroatoms. The molecule has 5 nitrogen and oxygen atoms in total. The predicted octanol–water partition coefficient (Wildman–Crippen LogP) is 2.96. The Morgan fingerprint density at radius 1 is 1.30 bits per heavy atom. The molecular weight excluding hydrogens is 295 g/mol. The molecule has 2 aromatic rings. The van der Waals surface area contributed by atoms with Gasteiger partial charge in [0, 0.05) is 0 Å². The topological polar surface area (TPSA) is 85.6 Å². The number of rotatable bonds is 7. The van der Waals surface area contributed by atoms with E-state index in [1.807, 2.05) is 13.8 Å². The van der Waals surface area contributed by atoms with E-state index in [1.54, 1.807) is 12.1 Å². The third-order valence-electron chi connectivity index (χ3n) is 4.57. The van der Waals surface area contributed by atoms with Crippen LogP contribution in [0.5, 0.6) is 0 Å². The van der Waals surface area contributed by atoms with Crippen LogP contribution in [-0.2, 0) is 6.42 Å². The first-order valence-electron chi connectivity index (χ1n) is 7.75. The summed E-state index contributed by atoms with van der Waals surface area (Å²) in [4.78, 5) is 4.16. The van der Waals surface area contributed by atoms with Crippen LogP contribution in [0.4, 0.5) is 4.39 Å². The first kappa shape index (κ1) is 17.1. The van der Waals surface area contributed by atoms with E-state index in [1.165, 1.54) is 18.5 Å². The molecule has 23 heavy (non-hydrogen) atoms. The fraction of sp³-hybridized carbons (Fsp3) is 0.471. The van der Waals surface area contributed by atoms with Gasteiger partial charge in [-0.3, -0.25) is 5.10 Å². The molecule has 0 aliphatic rings. The van der Waals surface area contributed by atoms with Crippen molar-refractivity contribution >= 4 is 0 Å². The smallest absolute Gasteiger partial charge is 0.156 e. The van der Waals surface area contributed by atoms with Crippen molar-refractivity contribution in [2.45, 2.75) is 45.1 Å². The van der Waals surface area contributed by atoms with Gasteiger partial charge < -0.3 is 5.11 Å². The molecule has 2 atom stereocenters. The third kappa shape index (κ3) is 3.57. The van der Waals surface area contributed by atoms with Gasteiger partial charge in [0.2, 0.25) is 0 Å². The van der Waals surface area contributed by atoms with Crippen molar-refractivity contribution in [1.82, 2.24) is 15.2 Å². The molecule has 2 N–H and O–H groups in total. The summed E-state index contributed by atoms with van der Waals surface area (Å²) >= 11 is 0. The number of aromatic amines is 1. The zero-order valence-corrected chi connectivity index (χ0v) is 13.3. The molecule has 2 rings (SSSR count). The molecule has 0 radical (unpaired) electrons. The minimum absolute atomic E-state index is 0.308. The van der Waals surface area contributed by atoms with Crippen LogP contribution in [0.15, 0.2) is 30.6 Å². The highest BCUT2D eigenvalue weighted by Gasteiger charge is 2.41. The predicted molar refractivity (Wildman–Crippen MR) is 83.9 cm³/mol. The van der Waals surface area contributed by atoms with Crippen LogP contribution >= 0.6 is 0 Å². The summed E-state index contributed by atoms with van der Waals surface area (Å²) in [6.45, 7) is 3.78. The third-order valence-corrected chi connectivity index (χ3v) is 4.57. The van der Waals surface area contributed by atoms with Gasteiger partial charge in [-0.1, -0.05) is 26.0 Å². The lowest BCUT2D eigenvalue weighted by molar-refractivity contribution is 0.0315. The zero-order valence-electron chi connectivity index (χ0n) is 13.3. The van der Waals surface area contributed by atoms with E-state index < -0.39 is 17.4 Å². The highest BCUT2D eigenvalue weighted by Crippen LogP contribution is 2.38. The number of nitriles is 1. The van der Waals surface area contributed by atoms with Crippen molar-refractivity contribution in [2.75, 3.05) is 0 Å². The number of H-pyrrole nitrogens is 1. The molecule has 0 saturated carbocycles. The molecule has 0 amide bonds. The molecule has 0 fully saturated rings. The summed E-state index contributed by atoms with van der Waals surface area (Å²) in [5.41, 5.74) is 0.00463. The van der Waals surface area contributed by atoms with E-state index in [9.17, 15) is 14.8 Å². The maximum atomic E-state index is 13.1. The Morgan fingerprint density at radius 2 is 1.96 bits per heavy atom. The number of aliphatic hydroxyl groups excluding tert-OH is 1. The van der Waals surface area contributed by atoms with Gasteiger partial charge in [-0.25, -0.2) is 9.37 Å². The molecule has 0 saturated heterocycles. The molecule has 0 aliphatic heterocycles. The summed E-state index contributed by atoms with van der Waals surface area (Å²) in [6.07, 6.45) is 2.04. The Labute approximate surface area is 135 Å². The molecule has 1 aromatic heterocycles. The number of hydrogen-bond donors (Lipinski definition) is 2. The van der Waals surface area contributed by atoms with E-state index in [-0.39, 0.29) is 5.82 Å². The van der Waals surface area contributed by atoms with Crippen LogP contribution in [0, 0.1) is 22.6 Å². The Kier molecular flexibility index (Phi) is 5.45. The Balaban J connectivity index is 2.35. The Morgan fingerprint density at radius 3 is 2.43 bits per heavy atom. The van der Waals surface area contributed by atoms with Crippen molar-refractivity contribution in [3.05, 3.63) is 47.8 Å². The maximum absolute atomic E-state index is 13.1. The number of aliphatic hydroxyl groups is 1. The van der Waals surface area contributed by atoms with E-state index in [0.717, 1.165) is 5.56 Å². The number of nitrogens with one attached hydrogen (secondary N) is 1. The van der Waals surface area contributed by atoms with Gasteiger partial charge in [-0.2, -0.15) is 10.4 Å². The van der Waals surface area contributed by atoms with Crippen LogP contribution < -0.4 is 0 Å². The average Bonchev–Trinajstić information content (AvgIpc) is 3.10. The van der Waals surface area contributed by atoms with Gasteiger partial charge in [0.15, 0.2) is 5.82 Å². The Hall–Kier alpha value is -2.26.